The lowest BCUT2D eigenvalue weighted by atomic mass is 10.1. The number of methoxy groups -OCH3 is 1. The molecule has 2 aromatic rings. The maximum absolute atomic E-state index is 12.7. The number of carbonyl (C=O) groups is 3. The molecular weight excluding hydrogens is 380 g/mol. The van der Waals surface area contributed by atoms with Gasteiger partial charge in [0.1, 0.15) is 10.8 Å². The van der Waals surface area contributed by atoms with Crippen LogP contribution in [0.15, 0.2) is 30.3 Å². The Morgan fingerprint density at radius 3 is 2.32 bits per heavy atom. The van der Waals surface area contributed by atoms with Gasteiger partial charge in [0.2, 0.25) is 0 Å². The number of carbonyl (C=O) groups excluding carboxylic acids is 3. The van der Waals surface area contributed by atoms with Gasteiger partial charge < -0.3 is 19.7 Å². The zero-order valence-corrected chi connectivity index (χ0v) is 17.2. The minimum Gasteiger partial charge on any atom is -0.484 e. The van der Waals surface area contributed by atoms with Crippen molar-refractivity contribution in [1.29, 1.82) is 0 Å². The second kappa shape index (κ2) is 9.89. The summed E-state index contributed by atoms with van der Waals surface area (Å²) in [5.74, 6) is -0.659. The van der Waals surface area contributed by atoms with E-state index in [1.165, 1.54) is 7.11 Å². The Morgan fingerprint density at radius 2 is 1.75 bits per heavy atom. The highest BCUT2D eigenvalue weighted by atomic mass is 32.1. The van der Waals surface area contributed by atoms with Crippen LogP contribution in [-0.4, -0.2) is 49.5 Å². The first-order chi connectivity index (χ1) is 13.4. The third kappa shape index (κ3) is 4.89. The predicted molar refractivity (Wildman–Crippen MR) is 108 cm³/mol. The van der Waals surface area contributed by atoms with Gasteiger partial charge in [0.05, 0.1) is 17.6 Å². The Labute approximate surface area is 168 Å². The predicted octanol–water partition coefficient (Wildman–Crippen LogP) is 3.34. The second-order valence-corrected chi connectivity index (χ2v) is 6.90. The van der Waals surface area contributed by atoms with Gasteiger partial charge in [-0.2, -0.15) is 0 Å². The molecule has 1 aromatic carbocycles. The summed E-state index contributed by atoms with van der Waals surface area (Å²) in [5, 5.41) is 2.95. The average Bonchev–Trinajstić information content (AvgIpc) is 3.03. The quantitative estimate of drug-likeness (QED) is 0.682. The molecule has 0 aliphatic carbocycles. The zero-order valence-electron chi connectivity index (χ0n) is 16.4. The molecule has 8 heteroatoms. The van der Waals surface area contributed by atoms with E-state index in [1.807, 2.05) is 19.9 Å². The van der Waals surface area contributed by atoms with Crippen molar-refractivity contribution in [1.82, 2.24) is 4.90 Å². The molecule has 2 amide bonds. The van der Waals surface area contributed by atoms with Crippen LogP contribution in [-0.2, 0) is 9.53 Å². The molecular formula is C20H24N2O5S. The van der Waals surface area contributed by atoms with E-state index in [9.17, 15) is 14.4 Å². The highest BCUT2D eigenvalue weighted by Crippen LogP contribution is 2.34. The van der Waals surface area contributed by atoms with Gasteiger partial charge in [0.25, 0.3) is 11.8 Å². The molecule has 1 heterocycles. The SMILES string of the molecule is CCN(CC)C(=O)c1sc(NC(=O)COc2ccccc2)c(C(=O)OC)c1C. The van der Waals surface area contributed by atoms with Crippen molar-refractivity contribution in [2.24, 2.45) is 0 Å². The van der Waals surface area contributed by atoms with Gasteiger partial charge in [-0.15, -0.1) is 11.3 Å². The van der Waals surface area contributed by atoms with Crippen molar-refractivity contribution in [3.05, 3.63) is 46.3 Å². The lowest BCUT2D eigenvalue weighted by molar-refractivity contribution is -0.118. The third-order valence-electron chi connectivity index (χ3n) is 4.15. The summed E-state index contributed by atoms with van der Waals surface area (Å²) in [7, 11) is 1.26. The fraction of sp³-hybridized carbons (Fsp3) is 0.350. The first kappa shape index (κ1) is 21.4. The van der Waals surface area contributed by atoms with Crippen molar-refractivity contribution >= 4 is 34.1 Å². The first-order valence-corrected chi connectivity index (χ1v) is 9.73. The van der Waals surface area contributed by atoms with E-state index >= 15 is 0 Å². The lowest BCUT2D eigenvalue weighted by Gasteiger charge is -2.17. The summed E-state index contributed by atoms with van der Waals surface area (Å²) >= 11 is 1.07. The van der Waals surface area contributed by atoms with E-state index in [0.717, 1.165) is 11.3 Å². The Hall–Kier alpha value is -2.87. The molecule has 0 saturated heterocycles. The molecule has 1 aromatic heterocycles. The highest BCUT2D eigenvalue weighted by molar-refractivity contribution is 7.18. The van der Waals surface area contributed by atoms with E-state index in [-0.39, 0.29) is 23.1 Å². The normalized spacial score (nSPS) is 10.3. The topological polar surface area (TPSA) is 84.9 Å². The minimum absolute atomic E-state index is 0.182. The number of ether oxygens (including phenoxy) is 2. The highest BCUT2D eigenvalue weighted by Gasteiger charge is 2.28. The summed E-state index contributed by atoms with van der Waals surface area (Å²) < 4.78 is 10.3. The smallest absolute Gasteiger partial charge is 0.341 e. The molecule has 0 fully saturated rings. The molecule has 0 atom stereocenters. The van der Waals surface area contributed by atoms with Crippen molar-refractivity contribution in [3.63, 3.8) is 0 Å². The molecule has 7 nitrogen and oxygen atoms in total. The number of thiophene rings is 1. The zero-order chi connectivity index (χ0) is 20.7. The number of hydrogen-bond donors (Lipinski definition) is 1. The Kier molecular flexibility index (Phi) is 7.57. The number of nitrogens with one attached hydrogen (secondary N) is 1. The summed E-state index contributed by atoms with van der Waals surface area (Å²) in [6, 6.07) is 8.93. The molecule has 0 aliphatic rings. The molecule has 28 heavy (non-hydrogen) atoms. The van der Waals surface area contributed by atoms with Gasteiger partial charge in [0.15, 0.2) is 6.61 Å². The van der Waals surface area contributed by atoms with E-state index in [2.05, 4.69) is 5.32 Å². The fourth-order valence-electron chi connectivity index (χ4n) is 2.64. The minimum atomic E-state index is -0.605. The summed E-state index contributed by atoms with van der Waals surface area (Å²) in [4.78, 5) is 39.4. The Morgan fingerprint density at radius 1 is 1.11 bits per heavy atom. The Balaban J connectivity index is 2.24. The number of hydrogen-bond acceptors (Lipinski definition) is 6. The van der Waals surface area contributed by atoms with Crippen LogP contribution in [0.4, 0.5) is 5.00 Å². The van der Waals surface area contributed by atoms with Crippen LogP contribution in [0.3, 0.4) is 0 Å². The Bertz CT molecular complexity index is 844. The van der Waals surface area contributed by atoms with Crippen LogP contribution >= 0.6 is 11.3 Å². The van der Waals surface area contributed by atoms with Crippen molar-refractivity contribution in [2.45, 2.75) is 20.8 Å². The van der Waals surface area contributed by atoms with Crippen molar-refractivity contribution < 1.29 is 23.9 Å². The molecule has 1 N–H and O–H groups in total. The monoisotopic (exact) mass is 404 g/mol. The molecule has 150 valence electrons. The van der Waals surface area contributed by atoms with Crippen LogP contribution in [0.1, 0.15) is 39.4 Å². The largest absolute Gasteiger partial charge is 0.484 e. The number of nitrogens with zero attached hydrogens (tertiary/aromatic N) is 1. The van der Waals surface area contributed by atoms with E-state index in [0.29, 0.717) is 29.3 Å². The standard InChI is InChI=1S/C20H24N2O5S/c1-5-22(6-2)19(24)17-13(3)16(20(25)26-4)18(28-17)21-15(23)12-27-14-10-8-7-9-11-14/h7-11H,5-6,12H2,1-4H3,(H,21,23). The van der Waals surface area contributed by atoms with E-state index < -0.39 is 11.9 Å². The van der Waals surface area contributed by atoms with Crippen LogP contribution < -0.4 is 10.1 Å². The number of anilines is 1. The van der Waals surface area contributed by atoms with E-state index in [1.54, 1.807) is 36.1 Å². The van der Waals surface area contributed by atoms with Gasteiger partial charge >= 0.3 is 5.97 Å². The summed E-state index contributed by atoms with van der Waals surface area (Å²) in [5.41, 5.74) is 0.684. The summed E-state index contributed by atoms with van der Waals surface area (Å²) in [6.45, 7) is 6.32. The van der Waals surface area contributed by atoms with Gasteiger partial charge in [-0.1, -0.05) is 18.2 Å². The fourth-order valence-corrected chi connectivity index (χ4v) is 3.82. The molecule has 0 unspecified atom stereocenters. The van der Waals surface area contributed by atoms with Crippen molar-refractivity contribution in [2.75, 3.05) is 32.1 Å². The number of benzene rings is 1. The van der Waals surface area contributed by atoms with Crippen LogP contribution in [0.25, 0.3) is 0 Å². The van der Waals surface area contributed by atoms with Gasteiger partial charge in [-0.05, 0) is 38.5 Å². The first-order valence-electron chi connectivity index (χ1n) is 8.91. The van der Waals surface area contributed by atoms with Crippen LogP contribution in [0.2, 0.25) is 0 Å². The number of rotatable bonds is 8. The van der Waals surface area contributed by atoms with Gasteiger partial charge in [-0.3, -0.25) is 9.59 Å². The molecule has 2 rings (SSSR count). The maximum atomic E-state index is 12.7. The van der Waals surface area contributed by atoms with Crippen LogP contribution in [0, 0.1) is 6.92 Å². The van der Waals surface area contributed by atoms with Crippen LogP contribution in [0.5, 0.6) is 5.75 Å². The second-order valence-electron chi connectivity index (χ2n) is 5.88. The average molecular weight is 404 g/mol. The van der Waals surface area contributed by atoms with Gasteiger partial charge in [-0.25, -0.2) is 4.79 Å². The maximum Gasteiger partial charge on any atom is 0.341 e. The number of esters is 1. The molecule has 0 saturated carbocycles. The number of para-hydroxylation sites is 1. The molecule has 0 aliphatic heterocycles. The third-order valence-corrected chi connectivity index (χ3v) is 5.34. The van der Waals surface area contributed by atoms with Crippen molar-refractivity contribution in [3.8, 4) is 5.75 Å². The van der Waals surface area contributed by atoms with E-state index in [4.69, 9.17) is 9.47 Å². The molecule has 0 bridgehead atoms. The molecule has 0 radical (unpaired) electrons. The summed E-state index contributed by atoms with van der Waals surface area (Å²) in [6.07, 6.45) is 0. The van der Waals surface area contributed by atoms with Gasteiger partial charge in [0, 0.05) is 13.1 Å². The molecule has 0 spiro atoms. The number of amides is 2. The lowest BCUT2D eigenvalue weighted by Crippen LogP contribution is -2.30.